The van der Waals surface area contributed by atoms with Crippen molar-refractivity contribution in [2.24, 2.45) is 5.92 Å². The van der Waals surface area contributed by atoms with Crippen LogP contribution in [0.5, 0.6) is 0 Å². The second kappa shape index (κ2) is 4.43. The van der Waals surface area contributed by atoms with Crippen LogP contribution < -0.4 is 0 Å². The predicted molar refractivity (Wildman–Crippen MR) is 83.9 cm³/mol. The van der Waals surface area contributed by atoms with E-state index in [9.17, 15) is 0 Å². The Morgan fingerprint density at radius 2 is 2.20 bits per heavy atom. The third-order valence-electron chi connectivity index (χ3n) is 4.11. The van der Waals surface area contributed by atoms with Crippen molar-refractivity contribution in [2.75, 3.05) is 6.26 Å². The van der Waals surface area contributed by atoms with Crippen LogP contribution in [0.2, 0.25) is 0 Å². The number of aryl methyl sites for hydroxylation is 2. The van der Waals surface area contributed by atoms with E-state index in [0.29, 0.717) is 0 Å². The maximum absolute atomic E-state index is 4.85. The second-order valence-electron chi connectivity index (χ2n) is 5.54. The Labute approximate surface area is 125 Å². The summed E-state index contributed by atoms with van der Waals surface area (Å²) in [7, 11) is 0. The Morgan fingerprint density at radius 1 is 1.35 bits per heavy atom. The summed E-state index contributed by atoms with van der Waals surface area (Å²) in [5.74, 6) is 1.70. The summed E-state index contributed by atoms with van der Waals surface area (Å²) < 4.78 is 2.10. The Hall–Kier alpha value is -1.14. The molecule has 104 valence electrons. The van der Waals surface area contributed by atoms with Crippen molar-refractivity contribution in [2.45, 2.75) is 38.3 Å². The van der Waals surface area contributed by atoms with Crippen LogP contribution in [0.15, 0.2) is 5.16 Å². The number of nitrogens with zero attached hydrogens (tertiary/aromatic N) is 4. The van der Waals surface area contributed by atoms with Crippen LogP contribution in [0.4, 0.5) is 0 Å². The fraction of sp³-hybridized carbons (Fsp3) is 0.500. The Morgan fingerprint density at radius 3 is 3.00 bits per heavy atom. The van der Waals surface area contributed by atoms with Crippen LogP contribution in [0, 0.1) is 12.8 Å². The quantitative estimate of drug-likeness (QED) is 0.510. The number of aromatic nitrogens is 4. The summed E-state index contributed by atoms with van der Waals surface area (Å²) in [6, 6.07) is 0. The number of hydrogen-bond acceptors (Lipinski definition) is 5. The van der Waals surface area contributed by atoms with E-state index in [4.69, 9.17) is 4.98 Å². The smallest absolute Gasteiger partial charge is 0.176 e. The zero-order valence-corrected chi connectivity index (χ0v) is 13.4. The van der Waals surface area contributed by atoms with Gasteiger partial charge in [0.05, 0.1) is 5.39 Å². The molecule has 0 aromatic carbocycles. The van der Waals surface area contributed by atoms with Crippen molar-refractivity contribution in [3.05, 3.63) is 16.3 Å². The zero-order valence-electron chi connectivity index (χ0n) is 11.8. The standard InChI is InChI=1S/C14H16N4S2/c1-7-4-5-9-10(6-7)20-13-11(9)12-17-16-8(2)18(12)14(15-13)19-3/h7H,4-6H2,1-3H3/t7-/m0/s1. The Bertz CT molecular complexity index is 818. The van der Waals surface area contributed by atoms with Gasteiger partial charge < -0.3 is 0 Å². The summed E-state index contributed by atoms with van der Waals surface area (Å²) >= 11 is 3.51. The molecular weight excluding hydrogens is 288 g/mol. The summed E-state index contributed by atoms with van der Waals surface area (Å²) in [6.45, 7) is 4.33. The van der Waals surface area contributed by atoms with Gasteiger partial charge in [-0.25, -0.2) is 4.98 Å². The molecule has 1 aliphatic rings. The molecule has 0 spiro atoms. The van der Waals surface area contributed by atoms with E-state index >= 15 is 0 Å². The molecule has 0 amide bonds. The molecular formula is C14H16N4S2. The third kappa shape index (κ3) is 1.64. The molecule has 0 saturated heterocycles. The van der Waals surface area contributed by atoms with Gasteiger partial charge in [-0.1, -0.05) is 18.7 Å². The van der Waals surface area contributed by atoms with Crippen molar-refractivity contribution in [3.63, 3.8) is 0 Å². The van der Waals surface area contributed by atoms with Gasteiger partial charge in [-0.3, -0.25) is 4.40 Å². The van der Waals surface area contributed by atoms with Gasteiger partial charge in [0.1, 0.15) is 10.7 Å². The molecule has 1 atom stereocenters. The van der Waals surface area contributed by atoms with Gasteiger partial charge in [0.15, 0.2) is 10.8 Å². The SMILES string of the molecule is CSc1nc2sc3c(c2c2nnc(C)n12)CC[C@H](C)C3. The second-order valence-corrected chi connectivity index (χ2v) is 7.39. The summed E-state index contributed by atoms with van der Waals surface area (Å²) in [5.41, 5.74) is 2.46. The first kappa shape index (κ1) is 12.6. The molecule has 0 aliphatic heterocycles. The van der Waals surface area contributed by atoms with Gasteiger partial charge in [0.2, 0.25) is 0 Å². The van der Waals surface area contributed by atoms with E-state index in [1.807, 2.05) is 18.3 Å². The third-order valence-corrected chi connectivity index (χ3v) is 5.90. The molecule has 4 rings (SSSR count). The number of fused-ring (bicyclic) bond motifs is 5. The minimum Gasteiger partial charge on any atom is -0.257 e. The van der Waals surface area contributed by atoms with Gasteiger partial charge in [-0.15, -0.1) is 21.5 Å². The number of rotatable bonds is 1. The lowest BCUT2D eigenvalue weighted by atomic mass is 9.89. The van der Waals surface area contributed by atoms with Crippen LogP contribution >= 0.6 is 23.1 Å². The van der Waals surface area contributed by atoms with E-state index in [-0.39, 0.29) is 0 Å². The summed E-state index contributed by atoms with van der Waals surface area (Å²) in [6.07, 6.45) is 5.66. The van der Waals surface area contributed by atoms with Crippen molar-refractivity contribution >= 4 is 39.0 Å². The molecule has 0 fully saturated rings. The highest BCUT2D eigenvalue weighted by Crippen LogP contribution is 2.39. The molecule has 3 aromatic heterocycles. The molecule has 0 bridgehead atoms. The highest BCUT2D eigenvalue weighted by Gasteiger charge is 2.24. The van der Waals surface area contributed by atoms with E-state index in [1.165, 1.54) is 28.7 Å². The number of thioether (sulfide) groups is 1. The molecule has 0 N–H and O–H groups in total. The van der Waals surface area contributed by atoms with Crippen molar-refractivity contribution < 1.29 is 0 Å². The summed E-state index contributed by atoms with van der Waals surface area (Å²) in [5, 5.41) is 10.9. The van der Waals surface area contributed by atoms with E-state index in [1.54, 1.807) is 11.8 Å². The fourth-order valence-electron chi connectivity index (χ4n) is 3.07. The number of hydrogen-bond donors (Lipinski definition) is 0. The molecule has 4 nitrogen and oxygen atoms in total. The van der Waals surface area contributed by atoms with Crippen LogP contribution in [0.3, 0.4) is 0 Å². The van der Waals surface area contributed by atoms with Gasteiger partial charge in [0, 0.05) is 4.88 Å². The molecule has 0 radical (unpaired) electrons. The first-order valence-electron chi connectivity index (χ1n) is 6.89. The largest absolute Gasteiger partial charge is 0.257 e. The van der Waals surface area contributed by atoms with Crippen molar-refractivity contribution in [1.29, 1.82) is 0 Å². The van der Waals surface area contributed by atoms with E-state index in [0.717, 1.165) is 33.8 Å². The average Bonchev–Trinajstić information content (AvgIpc) is 2.98. The Balaban J connectivity index is 2.13. The summed E-state index contributed by atoms with van der Waals surface area (Å²) in [4.78, 5) is 7.49. The minimum atomic E-state index is 0.784. The number of thiophene rings is 1. The lowest BCUT2D eigenvalue weighted by molar-refractivity contribution is 0.509. The first-order valence-corrected chi connectivity index (χ1v) is 8.93. The highest BCUT2D eigenvalue weighted by atomic mass is 32.2. The zero-order chi connectivity index (χ0) is 13.9. The lowest BCUT2D eigenvalue weighted by Gasteiger charge is -2.17. The topological polar surface area (TPSA) is 43.1 Å². The molecule has 1 aliphatic carbocycles. The minimum absolute atomic E-state index is 0.784. The van der Waals surface area contributed by atoms with Crippen LogP contribution in [-0.4, -0.2) is 25.8 Å². The molecule has 0 saturated carbocycles. The average molecular weight is 304 g/mol. The lowest BCUT2D eigenvalue weighted by Crippen LogP contribution is -2.08. The van der Waals surface area contributed by atoms with Crippen LogP contribution in [0.1, 0.15) is 29.6 Å². The highest BCUT2D eigenvalue weighted by molar-refractivity contribution is 7.98. The monoisotopic (exact) mass is 304 g/mol. The maximum atomic E-state index is 4.85. The molecule has 3 aromatic rings. The van der Waals surface area contributed by atoms with Crippen molar-refractivity contribution in [3.8, 4) is 0 Å². The van der Waals surface area contributed by atoms with Gasteiger partial charge in [0.25, 0.3) is 0 Å². The fourth-order valence-corrected chi connectivity index (χ4v) is 5.09. The van der Waals surface area contributed by atoms with Crippen molar-refractivity contribution in [1.82, 2.24) is 19.6 Å². The van der Waals surface area contributed by atoms with Crippen LogP contribution in [0.25, 0.3) is 15.9 Å². The molecule has 20 heavy (non-hydrogen) atoms. The maximum Gasteiger partial charge on any atom is 0.176 e. The first-order chi connectivity index (χ1) is 9.69. The van der Waals surface area contributed by atoms with Gasteiger partial charge >= 0.3 is 0 Å². The Kier molecular flexibility index (Phi) is 2.79. The predicted octanol–water partition coefficient (Wildman–Crippen LogP) is 3.49. The molecule has 6 heteroatoms. The van der Waals surface area contributed by atoms with Gasteiger partial charge in [-0.05, 0) is 43.9 Å². The van der Waals surface area contributed by atoms with Crippen LogP contribution in [-0.2, 0) is 12.8 Å². The van der Waals surface area contributed by atoms with E-state index < -0.39 is 0 Å². The molecule has 0 unspecified atom stereocenters. The molecule has 3 heterocycles. The van der Waals surface area contributed by atoms with Gasteiger partial charge in [-0.2, -0.15) is 0 Å². The van der Waals surface area contributed by atoms with E-state index in [2.05, 4.69) is 27.8 Å². The normalized spacial score (nSPS) is 18.9.